The van der Waals surface area contributed by atoms with E-state index in [0.717, 1.165) is 16.4 Å². The number of benzene rings is 1. The van der Waals surface area contributed by atoms with E-state index in [4.69, 9.17) is 5.73 Å². The summed E-state index contributed by atoms with van der Waals surface area (Å²) in [5, 5.41) is 0. The van der Waals surface area contributed by atoms with E-state index in [1.165, 1.54) is 7.05 Å². The second-order valence-corrected chi connectivity index (χ2v) is 6.51. The van der Waals surface area contributed by atoms with Crippen molar-refractivity contribution in [3.8, 4) is 0 Å². The van der Waals surface area contributed by atoms with Gasteiger partial charge in [-0.3, -0.25) is 4.72 Å². The van der Waals surface area contributed by atoms with Crippen molar-refractivity contribution < 1.29 is 17.2 Å². The summed E-state index contributed by atoms with van der Waals surface area (Å²) in [6, 6.07) is 1.95. The molecule has 0 bridgehead atoms. The Bertz CT molecular complexity index is 531. The fraction of sp³-hybridized carbons (Fsp3) is 0.400. The molecule has 9 heteroatoms. The average molecular weight is 358 g/mol. The van der Waals surface area contributed by atoms with Crippen LogP contribution in [0, 0.1) is 11.6 Å². The number of nitrogens with two attached hydrogens (primary N) is 1. The first kappa shape index (κ1) is 16.3. The zero-order chi connectivity index (χ0) is 14.6. The summed E-state index contributed by atoms with van der Waals surface area (Å²) in [4.78, 5) is 0. The Morgan fingerprint density at radius 3 is 2.37 bits per heavy atom. The molecule has 0 aliphatic carbocycles. The molecule has 0 saturated carbocycles. The maximum absolute atomic E-state index is 13.5. The van der Waals surface area contributed by atoms with Crippen molar-refractivity contribution >= 4 is 31.8 Å². The highest BCUT2D eigenvalue weighted by molar-refractivity contribution is 9.10. The van der Waals surface area contributed by atoms with E-state index in [2.05, 4.69) is 15.9 Å². The van der Waals surface area contributed by atoms with Gasteiger partial charge in [0.2, 0.25) is 0 Å². The highest BCUT2D eigenvalue weighted by atomic mass is 79.9. The molecule has 0 aliphatic rings. The van der Waals surface area contributed by atoms with Gasteiger partial charge in [0.05, 0.1) is 0 Å². The van der Waals surface area contributed by atoms with Gasteiger partial charge in [-0.05, 0) is 25.1 Å². The Morgan fingerprint density at radius 1 is 1.37 bits per heavy atom. The van der Waals surface area contributed by atoms with Gasteiger partial charge in [-0.15, -0.1) is 0 Å². The van der Waals surface area contributed by atoms with Gasteiger partial charge in [0.15, 0.2) is 11.6 Å². The molecule has 0 unspecified atom stereocenters. The van der Waals surface area contributed by atoms with Crippen LogP contribution in [0.1, 0.15) is 6.42 Å². The number of nitrogens with one attached hydrogen (secondary N) is 1. The lowest BCUT2D eigenvalue weighted by Gasteiger charge is -2.18. The van der Waals surface area contributed by atoms with E-state index in [1.54, 1.807) is 0 Å². The summed E-state index contributed by atoms with van der Waals surface area (Å²) in [6.45, 7) is 0.479. The Labute approximate surface area is 119 Å². The number of anilines is 1. The fourth-order valence-corrected chi connectivity index (χ4v) is 2.66. The monoisotopic (exact) mass is 357 g/mol. The third kappa shape index (κ3) is 4.37. The Kier molecular flexibility index (Phi) is 5.65. The lowest BCUT2D eigenvalue weighted by molar-refractivity contribution is 0.467. The summed E-state index contributed by atoms with van der Waals surface area (Å²) < 4.78 is 53.7. The van der Waals surface area contributed by atoms with Gasteiger partial charge in [0.25, 0.3) is 0 Å². The van der Waals surface area contributed by atoms with Crippen LogP contribution in [0.5, 0.6) is 0 Å². The number of hydrogen-bond acceptors (Lipinski definition) is 3. The van der Waals surface area contributed by atoms with Crippen molar-refractivity contribution in [3.63, 3.8) is 0 Å². The van der Waals surface area contributed by atoms with Gasteiger partial charge in [-0.25, -0.2) is 8.78 Å². The summed E-state index contributed by atoms with van der Waals surface area (Å²) in [5.41, 5.74) is 4.56. The van der Waals surface area contributed by atoms with Crippen molar-refractivity contribution in [2.75, 3.05) is 24.9 Å². The molecule has 0 atom stereocenters. The highest BCUT2D eigenvalue weighted by Gasteiger charge is 2.21. The largest absolute Gasteiger partial charge is 0.330 e. The lowest BCUT2D eigenvalue weighted by Crippen LogP contribution is -2.34. The smallest absolute Gasteiger partial charge is 0.301 e. The summed E-state index contributed by atoms with van der Waals surface area (Å²) >= 11 is 2.91. The fourth-order valence-electron chi connectivity index (χ4n) is 1.28. The molecule has 3 N–H and O–H groups in total. The first-order valence-corrected chi connectivity index (χ1v) is 7.60. The Morgan fingerprint density at radius 2 is 1.89 bits per heavy atom. The number of halogens is 3. The average Bonchev–Trinajstić information content (AvgIpc) is 2.30. The van der Waals surface area contributed by atoms with Crippen LogP contribution in [0.2, 0.25) is 0 Å². The van der Waals surface area contributed by atoms with Crippen LogP contribution in [0.3, 0.4) is 0 Å². The van der Waals surface area contributed by atoms with Crippen LogP contribution in [-0.2, 0) is 10.2 Å². The van der Waals surface area contributed by atoms with E-state index in [-0.39, 0.29) is 11.0 Å². The van der Waals surface area contributed by atoms with Crippen molar-refractivity contribution in [2.45, 2.75) is 6.42 Å². The molecule has 0 fully saturated rings. The highest BCUT2D eigenvalue weighted by Crippen LogP contribution is 2.25. The van der Waals surface area contributed by atoms with Crippen LogP contribution in [0.25, 0.3) is 0 Å². The van der Waals surface area contributed by atoms with Gasteiger partial charge in [-0.2, -0.15) is 12.7 Å². The van der Waals surface area contributed by atoms with Crippen molar-refractivity contribution in [2.24, 2.45) is 5.73 Å². The van der Waals surface area contributed by atoms with Gasteiger partial charge in [0.1, 0.15) is 5.69 Å². The summed E-state index contributed by atoms with van der Waals surface area (Å²) in [6.07, 6.45) is 0.447. The van der Waals surface area contributed by atoms with E-state index in [0.29, 0.717) is 13.0 Å². The normalized spacial score (nSPS) is 11.9. The SMILES string of the molecule is CN(CCCN)S(=O)(=O)Nc1c(F)cc(Br)cc1F. The molecule has 5 nitrogen and oxygen atoms in total. The third-order valence-electron chi connectivity index (χ3n) is 2.33. The Hall–Kier alpha value is -0.770. The molecule has 0 saturated heterocycles. The van der Waals surface area contributed by atoms with Crippen LogP contribution in [0.15, 0.2) is 16.6 Å². The molecule has 0 aromatic heterocycles. The standard InChI is InChI=1S/C10H14BrF2N3O2S/c1-16(4-2-3-14)19(17,18)15-10-8(12)5-7(11)6-9(10)13/h5-6,15H,2-4,14H2,1H3. The minimum absolute atomic E-state index is 0.158. The van der Waals surface area contributed by atoms with Crippen molar-refractivity contribution in [1.29, 1.82) is 0 Å². The second-order valence-electron chi connectivity index (χ2n) is 3.82. The second kappa shape index (κ2) is 6.60. The Balaban J connectivity index is 2.96. The molecular formula is C10H14BrF2N3O2S. The summed E-state index contributed by atoms with van der Waals surface area (Å²) in [7, 11) is -2.71. The molecule has 0 amide bonds. The number of hydrogen-bond donors (Lipinski definition) is 2. The van der Waals surface area contributed by atoms with Crippen molar-refractivity contribution in [3.05, 3.63) is 28.2 Å². The lowest BCUT2D eigenvalue weighted by atomic mass is 10.3. The maximum Gasteiger partial charge on any atom is 0.301 e. The van der Waals surface area contributed by atoms with Gasteiger partial charge in [-0.1, -0.05) is 15.9 Å². The molecular weight excluding hydrogens is 344 g/mol. The predicted molar refractivity (Wildman–Crippen MR) is 72.9 cm³/mol. The molecule has 19 heavy (non-hydrogen) atoms. The van der Waals surface area contributed by atoms with Crippen LogP contribution in [-0.4, -0.2) is 32.9 Å². The molecule has 1 aromatic carbocycles. The number of nitrogens with zero attached hydrogens (tertiary/aromatic N) is 1. The molecule has 1 rings (SSSR count). The van der Waals surface area contributed by atoms with Gasteiger partial charge < -0.3 is 5.73 Å². The maximum atomic E-state index is 13.5. The minimum Gasteiger partial charge on any atom is -0.330 e. The van der Waals surface area contributed by atoms with E-state index >= 15 is 0 Å². The zero-order valence-corrected chi connectivity index (χ0v) is 12.6. The predicted octanol–water partition coefficient (Wildman–Crippen LogP) is 1.66. The van der Waals surface area contributed by atoms with E-state index in [9.17, 15) is 17.2 Å². The van der Waals surface area contributed by atoms with E-state index in [1.807, 2.05) is 4.72 Å². The summed E-state index contributed by atoms with van der Waals surface area (Å²) in [5.74, 6) is -2.00. The molecule has 0 spiro atoms. The van der Waals surface area contributed by atoms with Crippen molar-refractivity contribution in [1.82, 2.24) is 4.31 Å². The number of rotatable bonds is 6. The van der Waals surface area contributed by atoms with Gasteiger partial charge in [0, 0.05) is 18.1 Å². The topological polar surface area (TPSA) is 75.4 Å². The van der Waals surface area contributed by atoms with Gasteiger partial charge >= 0.3 is 10.2 Å². The van der Waals surface area contributed by atoms with Crippen LogP contribution >= 0.6 is 15.9 Å². The molecule has 1 aromatic rings. The molecule has 0 aliphatic heterocycles. The molecule has 0 radical (unpaired) electrons. The molecule has 108 valence electrons. The first-order chi connectivity index (χ1) is 8.77. The van der Waals surface area contributed by atoms with Crippen LogP contribution in [0.4, 0.5) is 14.5 Å². The first-order valence-electron chi connectivity index (χ1n) is 5.36. The zero-order valence-electron chi connectivity index (χ0n) is 10.2. The minimum atomic E-state index is -4.01. The van der Waals surface area contributed by atoms with Crippen LogP contribution < -0.4 is 10.5 Å². The van der Waals surface area contributed by atoms with E-state index < -0.39 is 27.5 Å². The third-order valence-corrected chi connectivity index (χ3v) is 4.25. The molecule has 0 heterocycles. The quantitative estimate of drug-likeness (QED) is 0.812.